The molecular formula is C25H17F3N2O6. The summed E-state index contributed by atoms with van der Waals surface area (Å²) in [7, 11) is 1.43. The minimum Gasteiger partial charge on any atom is -0.507 e. The molecule has 8 nitrogen and oxygen atoms in total. The van der Waals surface area contributed by atoms with Crippen molar-refractivity contribution in [2.24, 2.45) is 0 Å². The number of anilines is 1. The van der Waals surface area contributed by atoms with Gasteiger partial charge in [0.1, 0.15) is 11.5 Å². The number of hydrogen-bond acceptors (Lipinski definition) is 6. The molecule has 0 aromatic heterocycles. The number of nitro benzene ring substituents is 1. The Morgan fingerprint density at radius 1 is 1.03 bits per heavy atom. The second-order valence-corrected chi connectivity index (χ2v) is 7.79. The number of carbonyl (C=O) groups is 2. The number of aliphatic hydroxyl groups excluding tert-OH is 1. The first-order valence-corrected chi connectivity index (χ1v) is 10.4. The van der Waals surface area contributed by atoms with Crippen LogP contribution in [-0.4, -0.2) is 28.8 Å². The van der Waals surface area contributed by atoms with E-state index >= 15 is 0 Å². The Morgan fingerprint density at radius 2 is 1.67 bits per heavy atom. The highest BCUT2D eigenvalue weighted by molar-refractivity contribution is 6.51. The number of nitro groups is 1. The molecule has 184 valence electrons. The summed E-state index contributed by atoms with van der Waals surface area (Å²) in [5.41, 5.74) is -1.53. The largest absolute Gasteiger partial charge is 0.507 e. The molecule has 1 atom stereocenters. The monoisotopic (exact) mass is 498 g/mol. The molecule has 1 aliphatic heterocycles. The van der Waals surface area contributed by atoms with Gasteiger partial charge in [-0.05, 0) is 48.0 Å². The van der Waals surface area contributed by atoms with Crippen LogP contribution in [0, 0.1) is 10.1 Å². The van der Waals surface area contributed by atoms with Gasteiger partial charge in [-0.2, -0.15) is 13.2 Å². The Bertz CT molecular complexity index is 1380. The van der Waals surface area contributed by atoms with E-state index in [-0.39, 0.29) is 22.5 Å². The Hall–Kier alpha value is -4.67. The molecule has 3 aromatic carbocycles. The van der Waals surface area contributed by atoms with E-state index in [2.05, 4.69) is 0 Å². The lowest BCUT2D eigenvalue weighted by Crippen LogP contribution is -2.29. The first-order chi connectivity index (χ1) is 17.0. The summed E-state index contributed by atoms with van der Waals surface area (Å²) in [5.74, 6) is -2.44. The van der Waals surface area contributed by atoms with E-state index in [1.807, 2.05) is 0 Å². The number of benzene rings is 3. The molecule has 1 saturated heterocycles. The molecule has 0 saturated carbocycles. The van der Waals surface area contributed by atoms with Crippen molar-refractivity contribution in [2.45, 2.75) is 12.2 Å². The van der Waals surface area contributed by atoms with Crippen LogP contribution in [0.25, 0.3) is 5.76 Å². The van der Waals surface area contributed by atoms with Crippen molar-refractivity contribution in [3.63, 3.8) is 0 Å². The number of ketones is 1. The van der Waals surface area contributed by atoms with E-state index in [0.717, 1.165) is 35.2 Å². The summed E-state index contributed by atoms with van der Waals surface area (Å²) in [4.78, 5) is 37.4. The summed E-state index contributed by atoms with van der Waals surface area (Å²) < 4.78 is 45.2. The van der Waals surface area contributed by atoms with Gasteiger partial charge >= 0.3 is 6.18 Å². The first-order valence-electron chi connectivity index (χ1n) is 10.4. The van der Waals surface area contributed by atoms with Crippen LogP contribution < -0.4 is 9.64 Å². The summed E-state index contributed by atoms with van der Waals surface area (Å²) in [5, 5.41) is 22.0. The summed E-state index contributed by atoms with van der Waals surface area (Å²) in [6.07, 6.45) is -4.70. The number of hydrogen-bond donors (Lipinski definition) is 1. The lowest BCUT2D eigenvalue weighted by Gasteiger charge is -2.26. The van der Waals surface area contributed by atoms with Crippen molar-refractivity contribution in [2.75, 3.05) is 12.0 Å². The predicted molar refractivity (Wildman–Crippen MR) is 122 cm³/mol. The molecule has 1 amide bonds. The van der Waals surface area contributed by atoms with Crippen LogP contribution in [0.1, 0.15) is 22.7 Å². The van der Waals surface area contributed by atoms with Crippen molar-refractivity contribution < 1.29 is 37.5 Å². The molecule has 0 radical (unpaired) electrons. The Kier molecular flexibility index (Phi) is 6.23. The van der Waals surface area contributed by atoms with Crippen molar-refractivity contribution in [3.05, 3.63) is 105 Å². The smallest absolute Gasteiger partial charge is 0.416 e. The van der Waals surface area contributed by atoms with Gasteiger partial charge < -0.3 is 9.84 Å². The van der Waals surface area contributed by atoms with Crippen molar-refractivity contribution in [1.82, 2.24) is 0 Å². The van der Waals surface area contributed by atoms with Gasteiger partial charge in [-0.15, -0.1) is 0 Å². The van der Waals surface area contributed by atoms with Gasteiger partial charge in [-0.25, -0.2) is 0 Å². The fourth-order valence-electron chi connectivity index (χ4n) is 3.93. The van der Waals surface area contributed by atoms with Crippen LogP contribution in [0.5, 0.6) is 5.75 Å². The fourth-order valence-corrected chi connectivity index (χ4v) is 3.93. The van der Waals surface area contributed by atoms with Gasteiger partial charge in [0.15, 0.2) is 0 Å². The maximum atomic E-state index is 13.4. The second-order valence-electron chi connectivity index (χ2n) is 7.79. The molecule has 36 heavy (non-hydrogen) atoms. The van der Waals surface area contributed by atoms with Gasteiger partial charge in [0, 0.05) is 23.4 Å². The minimum absolute atomic E-state index is 0.0150. The van der Waals surface area contributed by atoms with E-state index in [1.165, 1.54) is 49.6 Å². The average Bonchev–Trinajstić information content (AvgIpc) is 3.13. The van der Waals surface area contributed by atoms with E-state index in [0.29, 0.717) is 11.3 Å². The number of alkyl halides is 3. The lowest BCUT2D eigenvalue weighted by molar-refractivity contribution is -0.384. The fraction of sp³-hybridized carbons (Fsp3) is 0.120. The number of amides is 1. The SMILES string of the molecule is COc1ccc([C@@H]2/C(=C(\O)c3ccc([N+](=O)[O-])cc3)C(=O)C(=O)N2c2cccc(C(F)(F)F)c2)cc1. The van der Waals surface area contributed by atoms with Gasteiger partial charge in [-0.1, -0.05) is 18.2 Å². The van der Waals surface area contributed by atoms with Gasteiger partial charge in [0.05, 0.1) is 29.2 Å². The van der Waals surface area contributed by atoms with Gasteiger partial charge in [-0.3, -0.25) is 24.6 Å². The molecule has 1 N–H and O–H groups in total. The molecular weight excluding hydrogens is 481 g/mol. The topological polar surface area (TPSA) is 110 Å². The molecule has 0 aliphatic carbocycles. The Labute approximate surface area is 202 Å². The molecule has 4 rings (SSSR count). The third kappa shape index (κ3) is 4.38. The number of aliphatic hydroxyl groups is 1. The number of ether oxygens (including phenoxy) is 1. The Morgan fingerprint density at radius 3 is 2.22 bits per heavy atom. The zero-order valence-corrected chi connectivity index (χ0v) is 18.5. The van der Waals surface area contributed by atoms with Crippen LogP contribution in [0.2, 0.25) is 0 Å². The maximum Gasteiger partial charge on any atom is 0.416 e. The van der Waals surface area contributed by atoms with Crippen LogP contribution in [0.4, 0.5) is 24.5 Å². The van der Waals surface area contributed by atoms with Crippen molar-refractivity contribution >= 4 is 28.8 Å². The highest BCUT2D eigenvalue weighted by atomic mass is 19.4. The normalized spacial score (nSPS) is 17.3. The number of methoxy groups -OCH3 is 1. The van der Waals surface area contributed by atoms with E-state index in [4.69, 9.17) is 4.74 Å². The highest BCUT2D eigenvalue weighted by Crippen LogP contribution is 2.43. The van der Waals surface area contributed by atoms with Crippen LogP contribution in [0.3, 0.4) is 0 Å². The summed E-state index contributed by atoms with van der Waals surface area (Å²) >= 11 is 0. The van der Waals surface area contributed by atoms with E-state index < -0.39 is 40.2 Å². The van der Waals surface area contributed by atoms with Crippen LogP contribution >= 0.6 is 0 Å². The standard InChI is InChI=1S/C25H17F3N2O6/c1-36-19-11-7-14(8-12-19)21-20(22(31)15-5-9-17(10-6-15)30(34)35)23(32)24(33)29(21)18-4-2-3-16(13-18)25(26,27)28/h2-13,21,31H,1H3/b22-20+/t21-/m1/s1. The molecule has 1 fully saturated rings. The number of halogens is 3. The van der Waals surface area contributed by atoms with Crippen molar-refractivity contribution in [1.29, 1.82) is 0 Å². The zero-order chi connectivity index (χ0) is 26.2. The number of nitrogens with zero attached hydrogens (tertiary/aromatic N) is 2. The third-order valence-corrected chi connectivity index (χ3v) is 5.68. The quantitative estimate of drug-likeness (QED) is 0.169. The van der Waals surface area contributed by atoms with Crippen LogP contribution in [0.15, 0.2) is 78.4 Å². The molecule has 11 heteroatoms. The Balaban J connectivity index is 1.92. The van der Waals surface area contributed by atoms with Crippen molar-refractivity contribution in [3.8, 4) is 5.75 Å². The predicted octanol–water partition coefficient (Wildman–Crippen LogP) is 5.25. The van der Waals surface area contributed by atoms with E-state index in [9.17, 15) is 38.0 Å². The van der Waals surface area contributed by atoms with Gasteiger partial charge in [0.2, 0.25) is 0 Å². The van der Waals surface area contributed by atoms with Crippen LogP contribution in [-0.2, 0) is 15.8 Å². The summed E-state index contributed by atoms with van der Waals surface area (Å²) in [6.45, 7) is 0. The number of carbonyl (C=O) groups excluding carboxylic acids is 2. The molecule has 1 aliphatic rings. The first kappa shape index (κ1) is 24.5. The number of Topliss-reactive ketones (excluding diaryl/α,β-unsaturated/α-hetero) is 1. The van der Waals surface area contributed by atoms with Gasteiger partial charge in [0.25, 0.3) is 17.4 Å². The number of rotatable bonds is 5. The lowest BCUT2D eigenvalue weighted by atomic mass is 9.95. The molecule has 0 spiro atoms. The molecule has 3 aromatic rings. The second kappa shape index (κ2) is 9.17. The number of non-ortho nitro benzene ring substituents is 1. The maximum absolute atomic E-state index is 13.4. The molecule has 0 unspecified atom stereocenters. The molecule has 0 bridgehead atoms. The van der Waals surface area contributed by atoms with E-state index in [1.54, 1.807) is 0 Å². The molecule has 1 heterocycles. The third-order valence-electron chi connectivity index (χ3n) is 5.68. The zero-order valence-electron chi connectivity index (χ0n) is 18.5. The summed E-state index contributed by atoms with van der Waals surface area (Å²) in [6, 6.07) is 13.4. The average molecular weight is 498 g/mol. The minimum atomic E-state index is -4.70. The highest BCUT2D eigenvalue weighted by Gasteiger charge is 2.47.